The third kappa shape index (κ3) is 4.37. The fourth-order valence-electron chi connectivity index (χ4n) is 4.34. The van der Waals surface area contributed by atoms with E-state index >= 15 is 0 Å². The number of hydrogen-bond donors (Lipinski definition) is 1. The number of carbonyl (C=O) groups excluding carboxylic acids is 2. The molecule has 0 fully saturated rings. The predicted molar refractivity (Wildman–Crippen MR) is 115 cm³/mol. The molecular weight excluding hydrogens is 390 g/mol. The standard InChI is InChI=1S/C26H25NO4/c27-23(15-14-17-8-2-1-3-9-17)24(25(28)29)26(30)31-16-22-20-12-6-4-10-18(20)19-11-5-7-13-21(19)22/h1-13,22-24H,14-16,27H2,(H,28,29)/t23-,24+/m1/s1. The van der Waals surface area contributed by atoms with E-state index in [2.05, 4.69) is 17.9 Å². The quantitative estimate of drug-likeness (QED) is 0.449. The number of carboxylic acid groups (broad SMARTS) is 1. The van der Waals surface area contributed by atoms with Gasteiger partial charge in [0, 0.05) is 12.3 Å². The Morgan fingerprint density at radius 2 is 1.42 bits per heavy atom. The van der Waals surface area contributed by atoms with Crippen LogP contribution in [0.3, 0.4) is 0 Å². The Bertz CT molecular complexity index is 1030. The Morgan fingerprint density at radius 3 is 2.00 bits per heavy atom. The highest BCUT2D eigenvalue weighted by Gasteiger charge is 2.34. The molecule has 3 aromatic carbocycles. The highest BCUT2D eigenvalue weighted by atomic mass is 16.5. The first kappa shape index (κ1) is 20.8. The van der Waals surface area contributed by atoms with Gasteiger partial charge in [0.15, 0.2) is 0 Å². The second kappa shape index (κ2) is 9.14. The van der Waals surface area contributed by atoms with E-state index in [4.69, 9.17) is 4.74 Å². The predicted octanol–water partition coefficient (Wildman–Crippen LogP) is 1.95. The fourth-order valence-corrected chi connectivity index (χ4v) is 4.34. The van der Waals surface area contributed by atoms with Crippen LogP contribution in [0.1, 0.15) is 29.0 Å². The molecule has 2 atom stereocenters. The highest BCUT2D eigenvalue weighted by Crippen LogP contribution is 2.44. The number of rotatable bonds is 8. The van der Waals surface area contributed by atoms with Crippen molar-refractivity contribution in [1.29, 1.82) is 0 Å². The van der Waals surface area contributed by atoms with Gasteiger partial charge in [-0.1, -0.05) is 78.9 Å². The van der Waals surface area contributed by atoms with Crippen LogP contribution in [0, 0.1) is 5.92 Å². The van der Waals surface area contributed by atoms with Gasteiger partial charge in [-0.3, -0.25) is 4.79 Å². The van der Waals surface area contributed by atoms with E-state index in [0.717, 1.165) is 27.8 Å². The monoisotopic (exact) mass is 415 g/mol. The molecule has 0 saturated heterocycles. The Hall–Kier alpha value is -3.44. The number of quaternary nitrogens is 1. The average Bonchev–Trinajstić information content (AvgIpc) is 3.11. The zero-order chi connectivity index (χ0) is 21.8. The van der Waals surface area contributed by atoms with Gasteiger partial charge in [-0.15, -0.1) is 0 Å². The SMILES string of the molecule is [NH3+][C@H](CCc1ccccc1)[C@@H](C(=O)[O-])C(=O)OCC1c2ccccc2-c2ccccc21. The van der Waals surface area contributed by atoms with Gasteiger partial charge in [-0.05, 0) is 34.2 Å². The smallest absolute Gasteiger partial charge is 0.320 e. The van der Waals surface area contributed by atoms with Crippen molar-refractivity contribution >= 4 is 11.9 Å². The minimum Gasteiger partial charge on any atom is -0.549 e. The lowest BCUT2D eigenvalue weighted by atomic mass is 9.94. The topological polar surface area (TPSA) is 94.1 Å². The molecular formula is C26H25NO4. The van der Waals surface area contributed by atoms with Crippen molar-refractivity contribution in [3.8, 4) is 11.1 Å². The molecule has 0 spiro atoms. The molecule has 0 heterocycles. The second-order valence-corrected chi connectivity index (χ2v) is 7.94. The van der Waals surface area contributed by atoms with Crippen LogP contribution < -0.4 is 10.8 Å². The molecule has 4 rings (SSSR count). The molecule has 0 radical (unpaired) electrons. The van der Waals surface area contributed by atoms with Gasteiger partial charge in [0.2, 0.25) is 0 Å². The zero-order valence-electron chi connectivity index (χ0n) is 17.2. The number of carbonyl (C=O) groups is 2. The molecule has 3 aromatic rings. The molecule has 0 unspecified atom stereocenters. The first-order valence-corrected chi connectivity index (χ1v) is 10.5. The minimum atomic E-state index is -1.44. The summed E-state index contributed by atoms with van der Waals surface area (Å²) < 4.78 is 5.54. The van der Waals surface area contributed by atoms with Crippen LogP contribution in [0.25, 0.3) is 11.1 Å². The van der Waals surface area contributed by atoms with Crippen molar-refractivity contribution in [2.45, 2.75) is 24.8 Å². The lowest BCUT2D eigenvalue weighted by Gasteiger charge is -2.22. The van der Waals surface area contributed by atoms with Gasteiger partial charge < -0.3 is 20.4 Å². The van der Waals surface area contributed by atoms with Gasteiger partial charge in [0.25, 0.3) is 0 Å². The van der Waals surface area contributed by atoms with Crippen LogP contribution in [0.5, 0.6) is 0 Å². The van der Waals surface area contributed by atoms with Crippen molar-refractivity contribution in [3.63, 3.8) is 0 Å². The third-order valence-electron chi connectivity index (χ3n) is 5.98. The van der Waals surface area contributed by atoms with E-state index in [1.807, 2.05) is 66.7 Å². The van der Waals surface area contributed by atoms with Crippen LogP contribution in [-0.2, 0) is 20.7 Å². The molecule has 0 saturated carbocycles. The van der Waals surface area contributed by atoms with Crippen molar-refractivity contribution in [2.75, 3.05) is 6.61 Å². The maximum absolute atomic E-state index is 12.7. The summed E-state index contributed by atoms with van der Waals surface area (Å²) in [5, 5.41) is 11.7. The van der Waals surface area contributed by atoms with E-state index in [1.165, 1.54) is 0 Å². The first-order chi connectivity index (χ1) is 15.1. The summed E-state index contributed by atoms with van der Waals surface area (Å²) in [6.45, 7) is 0.0854. The third-order valence-corrected chi connectivity index (χ3v) is 5.98. The average molecular weight is 415 g/mol. The van der Waals surface area contributed by atoms with Crippen molar-refractivity contribution < 1.29 is 25.2 Å². The molecule has 31 heavy (non-hydrogen) atoms. The summed E-state index contributed by atoms with van der Waals surface area (Å²) >= 11 is 0. The summed E-state index contributed by atoms with van der Waals surface area (Å²) in [4.78, 5) is 24.5. The summed E-state index contributed by atoms with van der Waals surface area (Å²) in [5.74, 6) is -3.73. The number of aryl methyl sites for hydroxylation is 1. The van der Waals surface area contributed by atoms with Crippen molar-refractivity contribution in [1.82, 2.24) is 0 Å². The summed E-state index contributed by atoms with van der Waals surface area (Å²) in [7, 11) is 0. The van der Waals surface area contributed by atoms with Gasteiger partial charge in [-0.2, -0.15) is 0 Å². The van der Waals surface area contributed by atoms with E-state index < -0.39 is 23.9 Å². The van der Waals surface area contributed by atoms with Gasteiger partial charge in [-0.25, -0.2) is 0 Å². The van der Waals surface area contributed by atoms with E-state index in [1.54, 1.807) is 0 Å². The van der Waals surface area contributed by atoms with Crippen LogP contribution in [-0.4, -0.2) is 24.6 Å². The van der Waals surface area contributed by atoms with Crippen molar-refractivity contribution in [2.24, 2.45) is 5.92 Å². The largest absolute Gasteiger partial charge is 0.549 e. The number of aliphatic carboxylic acids is 1. The van der Waals surface area contributed by atoms with Gasteiger partial charge >= 0.3 is 5.97 Å². The Balaban J connectivity index is 1.44. The Labute approximate surface area is 181 Å². The summed E-state index contributed by atoms with van der Waals surface area (Å²) in [5.41, 5.74) is 9.39. The first-order valence-electron chi connectivity index (χ1n) is 10.5. The normalized spacial score (nSPS) is 14.4. The molecule has 0 aromatic heterocycles. The number of esters is 1. The number of benzene rings is 3. The summed E-state index contributed by atoms with van der Waals surface area (Å²) in [6, 6.07) is 25.1. The number of fused-ring (bicyclic) bond motifs is 3. The lowest BCUT2D eigenvalue weighted by Crippen LogP contribution is -2.68. The molecule has 5 nitrogen and oxygen atoms in total. The van der Waals surface area contributed by atoms with Crippen LogP contribution in [0.2, 0.25) is 0 Å². The van der Waals surface area contributed by atoms with E-state index in [0.29, 0.717) is 12.8 Å². The van der Waals surface area contributed by atoms with Crippen LogP contribution >= 0.6 is 0 Å². The Morgan fingerprint density at radius 1 is 0.871 bits per heavy atom. The molecule has 3 N–H and O–H groups in total. The number of hydrogen-bond acceptors (Lipinski definition) is 4. The van der Waals surface area contributed by atoms with Gasteiger partial charge in [0.05, 0.1) is 5.97 Å². The Kier molecular flexibility index (Phi) is 6.14. The van der Waals surface area contributed by atoms with E-state index in [9.17, 15) is 14.7 Å². The summed E-state index contributed by atoms with van der Waals surface area (Å²) in [6.07, 6.45) is 1.09. The molecule has 0 bridgehead atoms. The molecule has 158 valence electrons. The molecule has 0 amide bonds. The minimum absolute atomic E-state index is 0.0854. The zero-order valence-corrected chi connectivity index (χ0v) is 17.2. The highest BCUT2D eigenvalue weighted by molar-refractivity contribution is 5.93. The fraction of sp³-hybridized carbons (Fsp3) is 0.231. The van der Waals surface area contributed by atoms with Gasteiger partial charge in [0.1, 0.15) is 18.6 Å². The van der Waals surface area contributed by atoms with Crippen molar-refractivity contribution in [3.05, 3.63) is 95.6 Å². The maximum atomic E-state index is 12.7. The molecule has 5 heteroatoms. The molecule has 1 aliphatic carbocycles. The lowest BCUT2D eigenvalue weighted by molar-refractivity contribution is -0.435. The molecule has 0 aliphatic heterocycles. The second-order valence-electron chi connectivity index (χ2n) is 7.94. The maximum Gasteiger partial charge on any atom is 0.320 e. The molecule has 1 aliphatic rings. The van der Waals surface area contributed by atoms with Crippen LogP contribution in [0.4, 0.5) is 0 Å². The number of ether oxygens (including phenoxy) is 1. The van der Waals surface area contributed by atoms with Crippen LogP contribution in [0.15, 0.2) is 78.9 Å². The number of carboxylic acids is 1. The van der Waals surface area contributed by atoms with E-state index in [-0.39, 0.29) is 12.5 Å².